The van der Waals surface area contributed by atoms with Crippen molar-refractivity contribution in [1.29, 1.82) is 0 Å². The minimum atomic E-state index is -0.843. The first-order valence-corrected chi connectivity index (χ1v) is 11.5. The fourth-order valence-corrected chi connectivity index (χ4v) is 3.76. The largest absolute Gasteiger partial charge is 0.471 e. The van der Waals surface area contributed by atoms with Gasteiger partial charge in [0.05, 0.1) is 36.8 Å². The van der Waals surface area contributed by atoms with Gasteiger partial charge in [-0.3, -0.25) is 14.0 Å². The second-order valence-electron chi connectivity index (χ2n) is 7.85. The van der Waals surface area contributed by atoms with Crippen LogP contribution in [0.15, 0.2) is 24.5 Å². The molecule has 1 saturated heterocycles. The number of rotatable bonds is 5. The lowest BCUT2D eigenvalue weighted by Gasteiger charge is -2.30. The Morgan fingerprint density at radius 1 is 1.33 bits per heavy atom. The van der Waals surface area contributed by atoms with E-state index in [0.29, 0.717) is 37.4 Å². The Morgan fingerprint density at radius 2 is 1.97 bits per heavy atom. The molecule has 194 valence electrons. The summed E-state index contributed by atoms with van der Waals surface area (Å²) < 4.78 is 41.5. The third kappa shape index (κ3) is 6.86. The Morgan fingerprint density at radius 3 is 2.53 bits per heavy atom. The lowest BCUT2D eigenvalue weighted by molar-refractivity contribution is -0.126. The molecule has 1 fully saturated rings. The van der Waals surface area contributed by atoms with E-state index in [1.165, 1.54) is 14.2 Å². The first-order chi connectivity index (χ1) is 17.3. The summed E-state index contributed by atoms with van der Waals surface area (Å²) in [6, 6.07) is 3.81. The van der Waals surface area contributed by atoms with Gasteiger partial charge in [-0.15, -0.1) is 0 Å². The number of fused-ring (bicyclic) bond motifs is 1. The van der Waals surface area contributed by atoms with Crippen LogP contribution in [-0.4, -0.2) is 84.5 Å². The number of nitrogens with one attached hydrogen (secondary N) is 1. The molecule has 1 unspecified atom stereocenters. The van der Waals surface area contributed by atoms with Crippen molar-refractivity contribution < 1.29 is 27.8 Å². The summed E-state index contributed by atoms with van der Waals surface area (Å²) in [5, 5.41) is 2.37. The summed E-state index contributed by atoms with van der Waals surface area (Å²) in [5.74, 6) is 0.585. The summed E-state index contributed by atoms with van der Waals surface area (Å²) in [6.07, 6.45) is 1.89. The zero-order chi connectivity index (χ0) is 26.8. The number of aryl methyl sites for hydroxylation is 1. The van der Waals surface area contributed by atoms with Gasteiger partial charge in [0.1, 0.15) is 23.6 Å². The maximum atomic E-state index is 15.0. The SMILES string of the molecule is C=S.CNC(=O)c1cc(F)c(-c2nc3cc(C)ncn3c2CC2CN(C)CCO2)c(F)c1.COC=O. The molecule has 0 radical (unpaired) electrons. The molecule has 1 aliphatic heterocycles. The van der Waals surface area contributed by atoms with E-state index in [2.05, 4.69) is 43.0 Å². The molecule has 36 heavy (non-hydrogen) atoms. The second kappa shape index (κ2) is 13.7. The van der Waals surface area contributed by atoms with Crippen molar-refractivity contribution in [3.63, 3.8) is 0 Å². The molecule has 0 bridgehead atoms. The number of ether oxygens (including phenoxy) is 2. The Balaban J connectivity index is 0.000000694. The summed E-state index contributed by atoms with van der Waals surface area (Å²) in [7, 11) is 4.72. The standard InChI is InChI=1S/C21H23F2N5O2.C2H4O2.CH2S/c1-12-6-18-26-20(19-15(22)7-13(8-16(19)23)21(29)24-2)17(28(18)11-25-12)9-14-10-27(3)4-5-30-14;1-4-2-3;1-2/h6-8,11,14H,4-5,9-10H2,1-3H3,(H,24,29);2H,1H3;1H2. The van der Waals surface area contributed by atoms with E-state index in [0.717, 1.165) is 24.4 Å². The van der Waals surface area contributed by atoms with Crippen LogP contribution in [0.2, 0.25) is 0 Å². The molecule has 0 spiro atoms. The van der Waals surface area contributed by atoms with Crippen LogP contribution in [-0.2, 0) is 20.7 Å². The highest BCUT2D eigenvalue weighted by atomic mass is 32.1. The van der Waals surface area contributed by atoms with Crippen LogP contribution < -0.4 is 5.32 Å². The van der Waals surface area contributed by atoms with Crippen LogP contribution in [0.4, 0.5) is 8.78 Å². The number of carbonyl (C=O) groups excluding carboxylic acids is 2. The molecule has 3 heterocycles. The smallest absolute Gasteiger partial charge is 0.292 e. The molecule has 1 aliphatic rings. The van der Waals surface area contributed by atoms with Crippen molar-refractivity contribution in [2.45, 2.75) is 19.4 Å². The first kappa shape index (κ1) is 28.9. The number of hydrogen-bond acceptors (Lipinski definition) is 8. The monoisotopic (exact) mass is 521 g/mol. The van der Waals surface area contributed by atoms with Crippen molar-refractivity contribution in [2.75, 3.05) is 40.9 Å². The van der Waals surface area contributed by atoms with Gasteiger partial charge in [0, 0.05) is 43.9 Å². The molecule has 0 saturated carbocycles. The van der Waals surface area contributed by atoms with E-state index >= 15 is 0 Å². The minimum Gasteiger partial charge on any atom is -0.471 e. The van der Waals surface area contributed by atoms with Crippen LogP contribution in [0.3, 0.4) is 0 Å². The lowest BCUT2D eigenvalue weighted by Crippen LogP contribution is -2.41. The topological polar surface area (TPSA) is 98.1 Å². The number of benzene rings is 1. The number of nitrogens with zero attached hydrogens (tertiary/aromatic N) is 4. The van der Waals surface area contributed by atoms with Crippen molar-refractivity contribution in [1.82, 2.24) is 24.6 Å². The molecule has 1 atom stereocenters. The number of halogens is 2. The van der Waals surface area contributed by atoms with Gasteiger partial charge in [0.15, 0.2) is 0 Å². The average Bonchev–Trinajstić information content (AvgIpc) is 3.21. The van der Waals surface area contributed by atoms with Crippen molar-refractivity contribution in [3.8, 4) is 11.3 Å². The summed E-state index contributed by atoms with van der Waals surface area (Å²) in [4.78, 5) is 31.7. The quantitative estimate of drug-likeness (QED) is 0.404. The molecular weight excluding hydrogens is 492 g/mol. The molecule has 1 N–H and O–H groups in total. The second-order valence-corrected chi connectivity index (χ2v) is 7.85. The van der Waals surface area contributed by atoms with Crippen LogP contribution in [0.5, 0.6) is 0 Å². The van der Waals surface area contributed by atoms with Crippen LogP contribution >= 0.6 is 12.2 Å². The maximum Gasteiger partial charge on any atom is 0.292 e. The van der Waals surface area contributed by atoms with Crippen molar-refractivity contribution >= 4 is 36.1 Å². The Labute approximate surface area is 213 Å². The van der Waals surface area contributed by atoms with Gasteiger partial charge < -0.3 is 19.7 Å². The van der Waals surface area contributed by atoms with Gasteiger partial charge in [-0.05, 0) is 32.0 Å². The third-order valence-corrected chi connectivity index (χ3v) is 5.38. The van der Waals surface area contributed by atoms with E-state index in [1.54, 1.807) is 16.8 Å². The van der Waals surface area contributed by atoms with Crippen molar-refractivity contribution in [2.24, 2.45) is 0 Å². The highest BCUT2D eigenvalue weighted by molar-refractivity contribution is 7.77. The molecule has 1 aromatic carbocycles. The molecule has 1 amide bonds. The molecule has 3 aromatic rings. The number of amides is 1. The summed E-state index contributed by atoms with van der Waals surface area (Å²) in [5.41, 5.74) is 1.75. The first-order valence-electron chi connectivity index (χ1n) is 10.9. The van der Waals surface area contributed by atoms with E-state index in [9.17, 15) is 13.6 Å². The van der Waals surface area contributed by atoms with E-state index in [4.69, 9.17) is 9.53 Å². The number of morpholine rings is 1. The predicted molar refractivity (Wildman–Crippen MR) is 135 cm³/mol. The summed E-state index contributed by atoms with van der Waals surface area (Å²) in [6.45, 7) is 4.33. The van der Waals surface area contributed by atoms with Gasteiger partial charge in [0.2, 0.25) is 0 Å². The fraction of sp³-hybridized carbons (Fsp3) is 0.375. The molecule has 9 nitrogen and oxygen atoms in total. The van der Waals surface area contributed by atoms with E-state index in [-0.39, 0.29) is 22.9 Å². The number of imidazole rings is 1. The van der Waals surface area contributed by atoms with Gasteiger partial charge in [-0.2, -0.15) is 0 Å². The Bertz CT molecular complexity index is 1180. The highest BCUT2D eigenvalue weighted by Crippen LogP contribution is 2.31. The fourth-order valence-electron chi connectivity index (χ4n) is 3.76. The maximum absolute atomic E-state index is 15.0. The third-order valence-electron chi connectivity index (χ3n) is 5.38. The van der Waals surface area contributed by atoms with Crippen LogP contribution in [0, 0.1) is 18.6 Å². The Kier molecular flexibility index (Phi) is 11.0. The van der Waals surface area contributed by atoms with Crippen LogP contribution in [0.25, 0.3) is 16.9 Å². The number of hydrogen-bond donors (Lipinski definition) is 1. The predicted octanol–water partition coefficient (Wildman–Crippen LogP) is 2.62. The number of carbonyl (C=O) groups is 2. The van der Waals surface area contributed by atoms with Crippen LogP contribution in [0.1, 0.15) is 21.7 Å². The van der Waals surface area contributed by atoms with Crippen molar-refractivity contribution in [3.05, 3.63) is 53.1 Å². The molecule has 12 heteroatoms. The highest BCUT2D eigenvalue weighted by Gasteiger charge is 2.26. The molecule has 4 rings (SSSR count). The summed E-state index contributed by atoms with van der Waals surface area (Å²) >= 11 is 3.83. The minimum absolute atomic E-state index is 0.0867. The molecular formula is C24H29F2N5O4S. The lowest BCUT2D eigenvalue weighted by atomic mass is 10.0. The number of methoxy groups -OCH3 is 1. The van der Waals surface area contributed by atoms with E-state index in [1.807, 2.05) is 14.0 Å². The zero-order valence-corrected chi connectivity index (χ0v) is 21.4. The Hall–Kier alpha value is -3.35. The molecule has 2 aromatic heterocycles. The average molecular weight is 522 g/mol. The zero-order valence-electron chi connectivity index (χ0n) is 20.6. The van der Waals surface area contributed by atoms with E-state index < -0.39 is 17.5 Å². The van der Waals surface area contributed by atoms with Gasteiger partial charge in [0.25, 0.3) is 12.4 Å². The molecule has 0 aliphatic carbocycles. The van der Waals surface area contributed by atoms with Gasteiger partial charge in [-0.1, -0.05) is 12.2 Å². The van der Waals surface area contributed by atoms with Gasteiger partial charge >= 0.3 is 0 Å². The van der Waals surface area contributed by atoms with Gasteiger partial charge in [-0.25, -0.2) is 18.7 Å². The number of aromatic nitrogens is 3. The number of thiocarbonyl (C=S) groups is 1. The normalized spacial score (nSPS) is 15.2. The number of likely N-dealkylation sites (N-methyl/N-ethyl adjacent to an activating group) is 1.